The number of nitrogens with one attached hydrogen (secondary N) is 3. The number of hydrogen-bond donors (Lipinski definition) is 3. The predicted molar refractivity (Wildman–Crippen MR) is 182 cm³/mol. The number of carbonyl (C=O) groups is 4. The van der Waals surface area contributed by atoms with Gasteiger partial charge in [-0.1, -0.05) is 48.0 Å². The zero-order chi connectivity index (χ0) is 35.2. The highest BCUT2D eigenvalue weighted by Crippen LogP contribution is 2.45. The maximum Gasteiger partial charge on any atom is 0.410 e. The van der Waals surface area contributed by atoms with Gasteiger partial charge in [-0.15, -0.1) is 6.58 Å². The number of fused-ring (bicyclic) bond motifs is 1. The van der Waals surface area contributed by atoms with Crippen LogP contribution < -0.4 is 15.4 Å². The Kier molecular flexibility index (Phi) is 9.52. The molecule has 1 saturated heterocycles. The molecule has 262 valence electrons. The van der Waals surface area contributed by atoms with Gasteiger partial charge in [0.15, 0.2) is 0 Å². The molecule has 1 unspecified atom stereocenters. The Morgan fingerprint density at radius 2 is 1.82 bits per heavy atom. The van der Waals surface area contributed by atoms with Crippen molar-refractivity contribution in [2.45, 2.75) is 81.6 Å². The maximum atomic E-state index is 14.4. The van der Waals surface area contributed by atoms with Crippen LogP contribution in [0.4, 0.5) is 14.9 Å². The first kappa shape index (κ1) is 34.9. The quantitative estimate of drug-likeness (QED) is 0.293. The van der Waals surface area contributed by atoms with Crippen molar-refractivity contribution >= 4 is 55.5 Å². The summed E-state index contributed by atoms with van der Waals surface area (Å²) in [4.78, 5) is 57.7. The van der Waals surface area contributed by atoms with Gasteiger partial charge in [-0.05, 0) is 61.1 Å². The van der Waals surface area contributed by atoms with Crippen LogP contribution in [0.2, 0.25) is 0 Å². The molecule has 4 aliphatic rings. The standard InChI is InChI=1S/C34H39BrFN5O7S/c1-4-21-15-34(21,32(44)39-49(46,47)25-12-13-25)38-30(42)28-14-24(48-33(45)40-16-20-6-5-7-27(36)26(20)18-40)17-41(28)31(43)29(19(2)3)37-23-10-8-22(35)9-11-23/h4-11,19,21,24-25,28-29,37H,1,12-18H2,2-3H3,(H,38,42)(H,39,44)/t21-,24-,28?,29+,34-/m1/s1. The van der Waals surface area contributed by atoms with Crippen molar-refractivity contribution in [1.82, 2.24) is 19.8 Å². The molecule has 2 aliphatic heterocycles. The minimum Gasteiger partial charge on any atom is -0.444 e. The second-order valence-corrected chi connectivity index (χ2v) is 16.4. The third kappa shape index (κ3) is 7.18. The van der Waals surface area contributed by atoms with E-state index in [0.29, 0.717) is 29.7 Å². The molecule has 0 spiro atoms. The van der Waals surface area contributed by atoms with Gasteiger partial charge >= 0.3 is 6.09 Å². The highest BCUT2D eigenvalue weighted by molar-refractivity contribution is 9.10. The van der Waals surface area contributed by atoms with Gasteiger partial charge in [0.05, 0.1) is 18.3 Å². The van der Waals surface area contributed by atoms with E-state index in [0.717, 1.165) is 4.47 Å². The normalized spacial score (nSPS) is 25.0. The Morgan fingerprint density at radius 1 is 1.10 bits per heavy atom. The van der Waals surface area contributed by atoms with Crippen LogP contribution in [0.25, 0.3) is 0 Å². The molecule has 15 heteroatoms. The Bertz CT molecular complexity index is 1790. The number of halogens is 2. The average molecular weight is 761 g/mol. The smallest absolute Gasteiger partial charge is 0.410 e. The van der Waals surface area contributed by atoms with Crippen LogP contribution in [0.15, 0.2) is 59.6 Å². The van der Waals surface area contributed by atoms with Crippen molar-refractivity contribution in [1.29, 1.82) is 0 Å². The van der Waals surface area contributed by atoms with Gasteiger partial charge < -0.3 is 20.3 Å². The number of nitrogens with zero attached hydrogens (tertiary/aromatic N) is 2. The van der Waals surface area contributed by atoms with Crippen LogP contribution in [0.3, 0.4) is 0 Å². The molecular formula is C34H39BrFN5O7S. The summed E-state index contributed by atoms with van der Waals surface area (Å²) in [6.07, 6.45) is 0.858. The highest BCUT2D eigenvalue weighted by Gasteiger charge is 2.62. The second kappa shape index (κ2) is 13.4. The molecule has 12 nitrogen and oxygen atoms in total. The number of sulfonamides is 1. The molecule has 0 aromatic heterocycles. The van der Waals surface area contributed by atoms with E-state index < -0.39 is 74.5 Å². The van der Waals surface area contributed by atoms with Gasteiger partial charge in [-0.2, -0.15) is 0 Å². The Labute approximate surface area is 293 Å². The lowest BCUT2D eigenvalue weighted by Crippen LogP contribution is -2.58. The summed E-state index contributed by atoms with van der Waals surface area (Å²) in [7, 11) is -3.89. The van der Waals surface area contributed by atoms with E-state index >= 15 is 0 Å². The summed E-state index contributed by atoms with van der Waals surface area (Å²) in [5.74, 6) is -3.12. The third-order valence-corrected chi connectivity index (χ3v) is 12.0. The van der Waals surface area contributed by atoms with Crippen LogP contribution >= 0.6 is 15.9 Å². The fraction of sp³-hybridized carbons (Fsp3) is 0.471. The molecule has 2 aromatic carbocycles. The van der Waals surface area contributed by atoms with E-state index in [1.165, 1.54) is 21.9 Å². The van der Waals surface area contributed by atoms with Crippen molar-refractivity contribution in [3.63, 3.8) is 0 Å². The summed E-state index contributed by atoms with van der Waals surface area (Å²) in [6.45, 7) is 7.53. The van der Waals surface area contributed by atoms with Crippen molar-refractivity contribution < 1.29 is 36.7 Å². The Morgan fingerprint density at radius 3 is 2.43 bits per heavy atom. The minimum absolute atomic E-state index is 0.0248. The molecule has 2 saturated carbocycles. The van der Waals surface area contributed by atoms with Crippen LogP contribution in [0.1, 0.15) is 50.7 Å². The molecule has 5 atom stereocenters. The largest absolute Gasteiger partial charge is 0.444 e. The first-order chi connectivity index (χ1) is 23.2. The lowest BCUT2D eigenvalue weighted by Gasteiger charge is -2.31. The molecule has 6 rings (SSSR count). The van der Waals surface area contributed by atoms with Gasteiger partial charge in [0.25, 0.3) is 5.91 Å². The Balaban J connectivity index is 1.22. The van der Waals surface area contributed by atoms with E-state index in [9.17, 15) is 32.0 Å². The van der Waals surface area contributed by atoms with Crippen molar-refractivity contribution in [3.8, 4) is 0 Å². The van der Waals surface area contributed by atoms with Gasteiger partial charge in [0.1, 0.15) is 29.5 Å². The molecular weight excluding hydrogens is 721 g/mol. The molecule has 0 bridgehead atoms. The Hall–Kier alpha value is -3.98. The fourth-order valence-corrected chi connectivity index (χ4v) is 8.17. The van der Waals surface area contributed by atoms with E-state index in [2.05, 4.69) is 37.9 Å². The number of carbonyl (C=O) groups excluding carboxylic acids is 4. The van der Waals surface area contributed by atoms with Crippen LogP contribution in [0.5, 0.6) is 0 Å². The zero-order valence-electron chi connectivity index (χ0n) is 27.2. The lowest BCUT2D eigenvalue weighted by molar-refractivity contribution is -0.140. The molecule has 2 heterocycles. The summed E-state index contributed by atoms with van der Waals surface area (Å²) in [5.41, 5.74) is 0.207. The summed E-state index contributed by atoms with van der Waals surface area (Å²) in [5, 5.41) is 5.36. The fourth-order valence-electron chi connectivity index (χ4n) is 6.54. The van der Waals surface area contributed by atoms with E-state index in [1.807, 2.05) is 38.1 Å². The highest BCUT2D eigenvalue weighted by atomic mass is 79.9. The number of rotatable bonds is 11. The maximum absolute atomic E-state index is 14.4. The number of amides is 4. The van der Waals surface area contributed by atoms with Crippen molar-refractivity contribution in [2.75, 3.05) is 11.9 Å². The molecule has 3 fully saturated rings. The number of ether oxygens (including phenoxy) is 1. The predicted octanol–water partition coefficient (Wildman–Crippen LogP) is 3.82. The number of hydrogen-bond acceptors (Lipinski definition) is 8. The van der Waals surface area contributed by atoms with Crippen molar-refractivity contribution in [3.05, 3.63) is 76.5 Å². The van der Waals surface area contributed by atoms with Gasteiger partial charge in [0, 0.05) is 34.6 Å². The summed E-state index contributed by atoms with van der Waals surface area (Å²) in [6, 6.07) is 9.99. The molecule has 3 N–H and O–H groups in total. The molecule has 49 heavy (non-hydrogen) atoms. The summed E-state index contributed by atoms with van der Waals surface area (Å²) < 4.78 is 48.4. The monoisotopic (exact) mass is 759 g/mol. The van der Waals surface area contributed by atoms with E-state index in [4.69, 9.17) is 4.74 Å². The lowest BCUT2D eigenvalue weighted by atomic mass is 10.0. The second-order valence-electron chi connectivity index (χ2n) is 13.5. The topological polar surface area (TPSA) is 154 Å². The first-order valence-electron chi connectivity index (χ1n) is 16.3. The van der Waals surface area contributed by atoms with E-state index in [-0.39, 0.29) is 38.4 Å². The molecule has 2 aliphatic carbocycles. The number of likely N-dealkylation sites (tertiary alicyclic amines) is 1. The zero-order valence-corrected chi connectivity index (χ0v) is 29.6. The average Bonchev–Trinajstić information content (AvgIpc) is 3.94. The van der Waals surface area contributed by atoms with Gasteiger partial charge in [-0.3, -0.25) is 24.0 Å². The van der Waals surface area contributed by atoms with Crippen LogP contribution in [0, 0.1) is 17.7 Å². The minimum atomic E-state index is -3.89. The number of anilines is 1. The van der Waals surface area contributed by atoms with Gasteiger partial charge in [-0.25, -0.2) is 17.6 Å². The molecule has 0 radical (unpaired) electrons. The van der Waals surface area contributed by atoms with Crippen molar-refractivity contribution in [2.24, 2.45) is 11.8 Å². The summed E-state index contributed by atoms with van der Waals surface area (Å²) >= 11 is 3.41. The number of benzene rings is 2. The van der Waals surface area contributed by atoms with Gasteiger partial charge in [0.2, 0.25) is 21.8 Å². The van der Waals surface area contributed by atoms with Crippen LogP contribution in [-0.2, 0) is 42.2 Å². The SMILES string of the molecule is C=C[C@@H]1C[C@]1(NC(=O)C1C[C@@H](OC(=O)N2Cc3cccc(F)c3C2)CN1C(=O)[C@@H](Nc1ccc(Br)cc1)C(C)C)C(=O)NS(=O)(=O)C1CC1. The van der Waals surface area contributed by atoms with E-state index in [1.54, 1.807) is 12.1 Å². The third-order valence-electron chi connectivity index (χ3n) is 9.65. The molecule has 4 amide bonds. The van der Waals surface area contributed by atoms with Crippen LogP contribution in [-0.4, -0.2) is 77.6 Å². The first-order valence-corrected chi connectivity index (χ1v) is 18.6. The molecule has 2 aromatic rings.